The fourth-order valence-electron chi connectivity index (χ4n) is 1.00. The standard InChI is InChI=1S/C8H9O5PS2/c1-15-7-4-2-3-5-8(7)16(11,12)13-6-14(9)10/h2-5H,6H2,1H3/p+1. The van der Waals surface area contributed by atoms with Crippen molar-refractivity contribution in [3.8, 4) is 0 Å². The van der Waals surface area contributed by atoms with Crippen LogP contribution in [0.25, 0.3) is 0 Å². The summed E-state index contributed by atoms with van der Waals surface area (Å²) in [5.41, 5.74) is 0. The van der Waals surface area contributed by atoms with Gasteiger partial charge in [-0.1, -0.05) is 12.1 Å². The van der Waals surface area contributed by atoms with Crippen molar-refractivity contribution in [1.29, 1.82) is 0 Å². The van der Waals surface area contributed by atoms with E-state index in [1.54, 1.807) is 24.5 Å². The predicted octanol–water partition coefficient (Wildman–Crippen LogP) is 1.81. The minimum absolute atomic E-state index is 0.0133. The van der Waals surface area contributed by atoms with E-state index in [0.717, 1.165) is 0 Å². The molecule has 1 atom stereocenters. The third kappa shape index (κ3) is 3.54. The van der Waals surface area contributed by atoms with E-state index in [9.17, 15) is 13.0 Å². The van der Waals surface area contributed by atoms with Crippen molar-refractivity contribution in [3.63, 3.8) is 0 Å². The molecule has 5 nitrogen and oxygen atoms in total. The monoisotopic (exact) mass is 281 g/mol. The molecular weight excluding hydrogens is 271 g/mol. The molecule has 0 heterocycles. The van der Waals surface area contributed by atoms with Gasteiger partial charge in [0.1, 0.15) is 4.90 Å². The van der Waals surface area contributed by atoms with E-state index in [2.05, 4.69) is 4.18 Å². The van der Waals surface area contributed by atoms with E-state index in [-0.39, 0.29) is 4.90 Å². The summed E-state index contributed by atoms with van der Waals surface area (Å²) in [4.78, 5) is 9.05. The van der Waals surface area contributed by atoms with Crippen molar-refractivity contribution < 1.29 is 22.1 Å². The van der Waals surface area contributed by atoms with Crippen molar-refractivity contribution in [2.24, 2.45) is 0 Å². The quantitative estimate of drug-likeness (QED) is 0.503. The van der Waals surface area contributed by atoms with Crippen LogP contribution in [0.5, 0.6) is 0 Å². The zero-order valence-corrected chi connectivity index (χ0v) is 10.9. The Labute approximate surface area is 98.8 Å². The molecule has 8 heteroatoms. The summed E-state index contributed by atoms with van der Waals surface area (Å²) in [6, 6.07) is 6.30. The third-order valence-corrected chi connectivity index (χ3v) is 4.43. The van der Waals surface area contributed by atoms with Crippen LogP contribution < -0.4 is 0 Å². The van der Waals surface area contributed by atoms with Crippen LogP contribution in [-0.2, 0) is 18.9 Å². The first-order chi connectivity index (χ1) is 7.47. The van der Waals surface area contributed by atoms with Gasteiger partial charge in [-0.25, -0.2) is 4.18 Å². The van der Waals surface area contributed by atoms with Crippen LogP contribution in [0.4, 0.5) is 0 Å². The van der Waals surface area contributed by atoms with Crippen LogP contribution in [0.2, 0.25) is 0 Å². The molecule has 1 aromatic carbocycles. The SMILES string of the molecule is CSc1ccccc1S(=O)(=O)OC[P+](=O)O. The number of hydrogen-bond acceptors (Lipinski definition) is 5. The molecule has 0 fully saturated rings. The molecule has 0 amide bonds. The minimum atomic E-state index is -3.96. The normalized spacial score (nSPS) is 12.5. The fraction of sp³-hybridized carbons (Fsp3) is 0.250. The highest BCUT2D eigenvalue weighted by Crippen LogP contribution is 2.27. The van der Waals surface area contributed by atoms with Gasteiger partial charge in [-0.3, -0.25) is 0 Å². The average molecular weight is 281 g/mol. The van der Waals surface area contributed by atoms with Gasteiger partial charge >= 0.3 is 18.1 Å². The molecule has 0 bridgehead atoms. The second-order valence-corrected chi connectivity index (χ2v) is 6.10. The second kappa shape index (κ2) is 5.75. The van der Waals surface area contributed by atoms with E-state index in [1.165, 1.54) is 17.8 Å². The molecule has 0 radical (unpaired) electrons. The van der Waals surface area contributed by atoms with Gasteiger partial charge in [0.15, 0.2) is 0 Å². The number of hydrogen-bond donors (Lipinski definition) is 1. The van der Waals surface area contributed by atoms with Gasteiger partial charge in [-0.15, -0.1) is 11.8 Å². The Morgan fingerprint density at radius 3 is 2.62 bits per heavy atom. The predicted molar refractivity (Wildman–Crippen MR) is 61.2 cm³/mol. The van der Waals surface area contributed by atoms with Crippen LogP contribution in [-0.4, -0.2) is 25.9 Å². The van der Waals surface area contributed by atoms with Crippen LogP contribution in [0.1, 0.15) is 0 Å². The molecule has 1 unspecified atom stereocenters. The number of rotatable bonds is 5. The van der Waals surface area contributed by atoms with Gasteiger partial charge in [0, 0.05) is 4.90 Å². The minimum Gasteiger partial charge on any atom is -0.213 e. The van der Waals surface area contributed by atoms with Crippen molar-refractivity contribution >= 4 is 29.9 Å². The second-order valence-electron chi connectivity index (χ2n) is 2.70. The van der Waals surface area contributed by atoms with Crippen LogP contribution >= 0.6 is 19.8 Å². The zero-order valence-electron chi connectivity index (χ0n) is 8.36. The molecule has 16 heavy (non-hydrogen) atoms. The summed E-state index contributed by atoms with van der Waals surface area (Å²) in [7, 11) is -6.59. The van der Waals surface area contributed by atoms with Gasteiger partial charge in [-0.05, 0) is 23.0 Å². The van der Waals surface area contributed by atoms with Crippen molar-refractivity contribution in [2.75, 3.05) is 12.6 Å². The summed E-state index contributed by atoms with van der Waals surface area (Å²) >= 11 is 1.26. The maximum atomic E-state index is 11.6. The van der Waals surface area contributed by atoms with E-state index in [1.807, 2.05) is 0 Å². The molecule has 0 spiro atoms. The third-order valence-electron chi connectivity index (χ3n) is 1.66. The van der Waals surface area contributed by atoms with E-state index in [4.69, 9.17) is 4.89 Å². The lowest BCUT2D eigenvalue weighted by atomic mass is 10.4. The Hall–Kier alpha value is -0.460. The number of benzene rings is 1. The van der Waals surface area contributed by atoms with Crippen LogP contribution in [0, 0.1) is 0 Å². The van der Waals surface area contributed by atoms with Gasteiger partial charge < -0.3 is 0 Å². The maximum Gasteiger partial charge on any atom is 0.535 e. The van der Waals surface area contributed by atoms with Crippen LogP contribution in [0.15, 0.2) is 34.1 Å². The molecule has 0 saturated carbocycles. The molecule has 1 N–H and O–H groups in total. The Morgan fingerprint density at radius 2 is 2.06 bits per heavy atom. The molecule has 0 saturated heterocycles. The molecular formula is C8H10O5PS2+. The van der Waals surface area contributed by atoms with Crippen molar-refractivity contribution in [1.82, 2.24) is 0 Å². The Morgan fingerprint density at radius 1 is 1.44 bits per heavy atom. The Balaban J connectivity index is 3.02. The molecule has 88 valence electrons. The summed E-state index contributed by atoms with van der Waals surface area (Å²) in [6.45, 7) is 0. The lowest BCUT2D eigenvalue weighted by Crippen LogP contribution is -2.07. The Bertz CT molecular complexity index is 485. The lowest BCUT2D eigenvalue weighted by Gasteiger charge is -2.05. The van der Waals surface area contributed by atoms with Gasteiger partial charge in [0.05, 0.1) is 0 Å². The molecule has 1 aromatic rings. The Kier molecular flexibility index (Phi) is 4.89. The first kappa shape index (κ1) is 13.6. The summed E-state index contributed by atoms with van der Waals surface area (Å²) < 4.78 is 38.1. The van der Waals surface area contributed by atoms with E-state index >= 15 is 0 Å². The first-order valence-electron chi connectivity index (χ1n) is 4.13. The first-order valence-corrected chi connectivity index (χ1v) is 8.16. The van der Waals surface area contributed by atoms with Crippen molar-refractivity contribution in [2.45, 2.75) is 9.79 Å². The summed E-state index contributed by atoms with van der Waals surface area (Å²) in [5, 5.41) is 0. The largest absolute Gasteiger partial charge is 0.535 e. The highest BCUT2D eigenvalue weighted by atomic mass is 32.2. The van der Waals surface area contributed by atoms with E-state index in [0.29, 0.717) is 4.90 Å². The molecule has 1 rings (SSSR count). The molecule has 0 aromatic heterocycles. The zero-order chi connectivity index (χ0) is 12.2. The number of thioether (sulfide) groups is 1. The van der Waals surface area contributed by atoms with Gasteiger partial charge in [-0.2, -0.15) is 13.3 Å². The summed E-state index contributed by atoms with van der Waals surface area (Å²) in [6.07, 6.45) is 1.02. The lowest BCUT2D eigenvalue weighted by molar-refractivity contribution is 0.354. The van der Waals surface area contributed by atoms with Crippen molar-refractivity contribution in [3.05, 3.63) is 24.3 Å². The highest BCUT2D eigenvalue weighted by Gasteiger charge is 2.23. The topological polar surface area (TPSA) is 80.7 Å². The molecule has 0 aliphatic carbocycles. The summed E-state index contributed by atoms with van der Waals surface area (Å²) in [5.74, 6) is 0. The molecule has 0 aliphatic rings. The van der Waals surface area contributed by atoms with E-state index < -0.39 is 24.5 Å². The average Bonchev–Trinajstić information content (AvgIpc) is 2.26. The maximum absolute atomic E-state index is 11.6. The fourth-order valence-corrected chi connectivity index (χ4v) is 3.65. The van der Waals surface area contributed by atoms with Gasteiger partial charge in [0.25, 0.3) is 6.35 Å². The van der Waals surface area contributed by atoms with Gasteiger partial charge in [0.2, 0.25) is 0 Å². The smallest absolute Gasteiger partial charge is 0.213 e. The van der Waals surface area contributed by atoms with Crippen LogP contribution in [0.3, 0.4) is 0 Å². The highest BCUT2D eigenvalue weighted by molar-refractivity contribution is 7.99. The molecule has 0 aliphatic heterocycles.